The van der Waals surface area contributed by atoms with E-state index in [-0.39, 0.29) is 11.1 Å². The number of hydrogen-bond acceptors (Lipinski definition) is 10. The van der Waals surface area contributed by atoms with Crippen molar-refractivity contribution in [2.45, 2.75) is 31.5 Å². The van der Waals surface area contributed by atoms with Gasteiger partial charge in [0.25, 0.3) is 0 Å². The molecule has 0 saturated heterocycles. The fourth-order valence-corrected chi connectivity index (χ4v) is 6.58. The predicted molar refractivity (Wildman–Crippen MR) is 131 cm³/mol. The van der Waals surface area contributed by atoms with Crippen LogP contribution in [0.1, 0.15) is 60.7 Å². The second-order valence-electron chi connectivity index (χ2n) is 10.1. The molecule has 0 spiro atoms. The molecule has 5 atom stereocenters. The van der Waals surface area contributed by atoms with Crippen LogP contribution in [-0.4, -0.2) is 77.9 Å². The van der Waals surface area contributed by atoms with Crippen molar-refractivity contribution in [1.29, 1.82) is 0 Å². The maximum atomic E-state index is 14.4. The smallest absolute Gasteiger partial charge is 0.305 e. The van der Waals surface area contributed by atoms with Crippen LogP contribution >= 0.6 is 0 Å². The van der Waals surface area contributed by atoms with Crippen molar-refractivity contribution in [2.75, 3.05) is 0 Å². The number of rotatable bonds is 7. The van der Waals surface area contributed by atoms with Gasteiger partial charge in [-0.25, -0.2) is 0 Å². The van der Waals surface area contributed by atoms with Gasteiger partial charge in [0.15, 0.2) is 23.1 Å². The lowest BCUT2D eigenvalue weighted by molar-refractivity contribution is -0.141. The van der Waals surface area contributed by atoms with Crippen molar-refractivity contribution in [2.24, 2.45) is 17.3 Å². The van der Waals surface area contributed by atoms with Crippen molar-refractivity contribution < 1.29 is 59.4 Å². The lowest BCUT2D eigenvalue weighted by Crippen LogP contribution is -2.52. The Bertz CT molecular complexity index is 1580. The third-order valence-electron chi connectivity index (χ3n) is 7.91. The summed E-state index contributed by atoms with van der Waals surface area (Å²) in [6.07, 6.45) is -6.62. The first kappa shape index (κ1) is 26.9. The van der Waals surface area contributed by atoms with Crippen LogP contribution < -0.4 is 0 Å². The fourth-order valence-electron chi connectivity index (χ4n) is 6.58. The number of hydrogen-bond donors (Lipinski definition) is 6. The topological polar surface area (TPSA) is 224 Å². The van der Waals surface area contributed by atoms with Crippen molar-refractivity contribution in [3.63, 3.8) is 0 Å². The van der Waals surface area contributed by atoms with E-state index in [1.807, 2.05) is 0 Å². The summed E-state index contributed by atoms with van der Waals surface area (Å²) in [6, 6.07) is 7.14. The van der Waals surface area contributed by atoms with Crippen LogP contribution in [0, 0.1) is 17.3 Å². The maximum Gasteiger partial charge on any atom is 0.305 e. The molecule has 0 saturated carbocycles. The van der Waals surface area contributed by atoms with Crippen LogP contribution in [0.2, 0.25) is 0 Å². The standard InChI is InChI=1S/C28H22O12/c29-10(7-16(33)34)9-28-22(26(39)19-12(27(28)40)4-2-6-14(19)31)20(15(32)8-17(35)36)21-23(28)25(38)18-11(24(21)37)3-1-5-13(18)30/h1-6,10,15,20,22,29-32H,7-9H2,(H,33,34)(H,35,36). The zero-order chi connectivity index (χ0) is 29.3. The lowest BCUT2D eigenvalue weighted by atomic mass is 9.56. The van der Waals surface area contributed by atoms with Crippen LogP contribution in [-0.2, 0) is 9.59 Å². The van der Waals surface area contributed by atoms with Gasteiger partial charge in [-0.15, -0.1) is 0 Å². The van der Waals surface area contributed by atoms with E-state index in [1.165, 1.54) is 24.3 Å². The van der Waals surface area contributed by atoms with E-state index in [9.17, 15) is 59.4 Å². The number of ketones is 4. The van der Waals surface area contributed by atoms with Gasteiger partial charge in [-0.3, -0.25) is 28.8 Å². The number of Topliss-reactive ketones (excluding diaryl/α,β-unsaturated/α-hetero) is 4. The molecule has 206 valence electrons. The van der Waals surface area contributed by atoms with E-state index in [0.29, 0.717) is 0 Å². The molecular weight excluding hydrogens is 528 g/mol. The summed E-state index contributed by atoms with van der Waals surface area (Å²) in [5, 5.41) is 61.6. The number of carbonyl (C=O) groups excluding carboxylic acids is 4. The van der Waals surface area contributed by atoms with E-state index in [1.54, 1.807) is 0 Å². The van der Waals surface area contributed by atoms with Crippen molar-refractivity contribution >= 4 is 35.1 Å². The number of phenols is 2. The number of aliphatic hydroxyl groups is 2. The summed E-state index contributed by atoms with van der Waals surface area (Å²) in [5.74, 6) is -11.9. The number of carboxylic acid groups (broad SMARTS) is 2. The Hall–Kier alpha value is -4.68. The average molecular weight is 550 g/mol. The Kier molecular flexibility index (Phi) is 6.20. The van der Waals surface area contributed by atoms with Crippen molar-refractivity contribution in [1.82, 2.24) is 0 Å². The molecule has 0 bridgehead atoms. The third kappa shape index (κ3) is 3.60. The van der Waals surface area contributed by atoms with Crippen LogP contribution in [0.3, 0.4) is 0 Å². The highest BCUT2D eigenvalue weighted by molar-refractivity contribution is 6.34. The summed E-state index contributed by atoms with van der Waals surface area (Å²) in [7, 11) is 0. The monoisotopic (exact) mass is 550 g/mol. The molecule has 0 radical (unpaired) electrons. The minimum atomic E-state index is -2.43. The number of aliphatic carboxylic acids is 2. The number of aromatic hydroxyl groups is 2. The van der Waals surface area contributed by atoms with Gasteiger partial charge in [0.1, 0.15) is 11.5 Å². The highest BCUT2D eigenvalue weighted by Crippen LogP contribution is 2.63. The van der Waals surface area contributed by atoms with Gasteiger partial charge in [0.2, 0.25) is 0 Å². The fraction of sp³-hybridized carbons (Fsp3) is 0.286. The predicted octanol–water partition coefficient (Wildman–Crippen LogP) is 1.15. The SMILES string of the molecule is O=C(O)CC(O)CC12C(=O)c3cccc(O)c3C(=O)C1C(C(O)CC(=O)O)C1=C2C(=O)c2c(O)cccc2C1=O. The average Bonchev–Trinajstić information content (AvgIpc) is 3.17. The Labute approximate surface area is 224 Å². The Morgan fingerprint density at radius 2 is 1.38 bits per heavy atom. The first-order valence-corrected chi connectivity index (χ1v) is 12.2. The van der Waals surface area contributed by atoms with Gasteiger partial charge in [-0.2, -0.15) is 0 Å². The number of phenolic OH excluding ortho intramolecular Hbond substituents is 2. The van der Waals surface area contributed by atoms with E-state index >= 15 is 0 Å². The molecule has 5 unspecified atom stereocenters. The van der Waals surface area contributed by atoms with Crippen molar-refractivity contribution in [3.05, 3.63) is 69.8 Å². The van der Waals surface area contributed by atoms with E-state index in [0.717, 1.165) is 12.1 Å². The van der Waals surface area contributed by atoms with Crippen LogP contribution in [0.25, 0.3) is 0 Å². The van der Waals surface area contributed by atoms with Crippen LogP contribution in [0.4, 0.5) is 0 Å². The number of aliphatic hydroxyl groups excluding tert-OH is 2. The summed E-state index contributed by atoms with van der Waals surface area (Å²) < 4.78 is 0. The molecule has 40 heavy (non-hydrogen) atoms. The summed E-state index contributed by atoms with van der Waals surface area (Å²) in [5.41, 5.74) is -5.23. The molecule has 2 aromatic rings. The Morgan fingerprint density at radius 3 is 1.98 bits per heavy atom. The molecule has 0 heterocycles. The number of benzene rings is 2. The molecule has 0 aromatic heterocycles. The zero-order valence-corrected chi connectivity index (χ0v) is 20.5. The van der Waals surface area contributed by atoms with Gasteiger partial charge in [0, 0.05) is 34.1 Å². The lowest BCUT2D eigenvalue weighted by Gasteiger charge is -2.43. The molecule has 0 amide bonds. The van der Waals surface area contributed by atoms with Crippen molar-refractivity contribution in [3.8, 4) is 11.5 Å². The largest absolute Gasteiger partial charge is 0.507 e. The highest BCUT2D eigenvalue weighted by Gasteiger charge is 2.69. The molecule has 6 N–H and O–H groups in total. The van der Waals surface area contributed by atoms with Crippen LogP contribution in [0.5, 0.6) is 11.5 Å². The summed E-state index contributed by atoms with van der Waals surface area (Å²) in [6.45, 7) is 0. The molecule has 3 aliphatic rings. The number of fused-ring (bicyclic) bond motifs is 4. The van der Waals surface area contributed by atoms with Gasteiger partial charge >= 0.3 is 11.9 Å². The highest BCUT2D eigenvalue weighted by atomic mass is 16.4. The summed E-state index contributed by atoms with van der Waals surface area (Å²) >= 11 is 0. The molecule has 2 aromatic carbocycles. The van der Waals surface area contributed by atoms with E-state index < -0.39 is 118 Å². The maximum absolute atomic E-state index is 14.4. The van der Waals surface area contributed by atoms with Crippen LogP contribution in [0.15, 0.2) is 47.5 Å². The van der Waals surface area contributed by atoms with E-state index in [2.05, 4.69) is 0 Å². The van der Waals surface area contributed by atoms with Gasteiger partial charge in [0.05, 0.1) is 41.6 Å². The number of carboxylic acids is 2. The Balaban J connectivity index is 1.88. The van der Waals surface area contributed by atoms with Gasteiger partial charge < -0.3 is 30.6 Å². The first-order valence-electron chi connectivity index (χ1n) is 12.2. The number of carbonyl (C=O) groups is 6. The molecule has 0 fully saturated rings. The quantitative estimate of drug-likeness (QED) is 0.285. The molecule has 12 nitrogen and oxygen atoms in total. The van der Waals surface area contributed by atoms with Gasteiger partial charge in [-0.05, 0) is 18.6 Å². The molecule has 3 aliphatic carbocycles. The number of allylic oxidation sites excluding steroid dienone is 1. The second-order valence-corrected chi connectivity index (χ2v) is 10.1. The Morgan fingerprint density at radius 1 is 0.800 bits per heavy atom. The zero-order valence-electron chi connectivity index (χ0n) is 20.5. The van der Waals surface area contributed by atoms with Gasteiger partial charge in [-0.1, -0.05) is 24.3 Å². The minimum absolute atomic E-state index is 0.309. The molecule has 0 aliphatic heterocycles. The molecule has 12 heteroatoms. The first-order chi connectivity index (χ1) is 18.8. The third-order valence-corrected chi connectivity index (χ3v) is 7.91. The molecular formula is C28H22O12. The summed E-state index contributed by atoms with van der Waals surface area (Å²) in [4.78, 5) is 79.4. The molecule has 5 rings (SSSR count). The minimum Gasteiger partial charge on any atom is -0.507 e. The normalized spacial score (nSPS) is 24.6. The van der Waals surface area contributed by atoms with E-state index in [4.69, 9.17) is 0 Å². The second kappa shape index (κ2) is 9.21.